The topological polar surface area (TPSA) is 122 Å². The first-order valence-corrected chi connectivity index (χ1v) is 8.51. The number of hydrogen-bond acceptors (Lipinski definition) is 6. The van der Waals surface area contributed by atoms with Crippen LogP contribution in [0.3, 0.4) is 0 Å². The summed E-state index contributed by atoms with van der Waals surface area (Å²) < 4.78 is 0. The van der Waals surface area contributed by atoms with Crippen LogP contribution in [0.4, 0.5) is 0 Å². The van der Waals surface area contributed by atoms with Crippen LogP contribution in [0.2, 0.25) is 0 Å². The Kier molecular flexibility index (Phi) is 16.1. The molecule has 0 aliphatic rings. The third-order valence-corrected chi connectivity index (χ3v) is 3.36. The molecule has 3 N–H and O–H groups in total. The van der Waals surface area contributed by atoms with Gasteiger partial charge in [-0.3, -0.25) is 30.0 Å². The summed E-state index contributed by atoms with van der Waals surface area (Å²) in [5.41, 5.74) is 0. The van der Waals surface area contributed by atoms with Gasteiger partial charge < -0.3 is 0 Å². The lowest BCUT2D eigenvalue weighted by molar-refractivity contribution is -0.165. The van der Waals surface area contributed by atoms with Crippen molar-refractivity contribution in [3.63, 3.8) is 0 Å². The van der Waals surface area contributed by atoms with Gasteiger partial charge in [0.15, 0.2) is 0 Å². The molecule has 9 heteroatoms. The average molecular weight is 363 g/mol. The lowest BCUT2D eigenvalue weighted by atomic mass is 10.1. The van der Waals surface area contributed by atoms with Gasteiger partial charge in [0.25, 0.3) is 0 Å². The van der Waals surface area contributed by atoms with E-state index in [4.69, 9.17) is 15.6 Å². The van der Waals surface area contributed by atoms with Crippen LogP contribution >= 0.6 is 0 Å². The summed E-state index contributed by atoms with van der Waals surface area (Å²) in [6.07, 6.45) is 6.79. The lowest BCUT2D eigenvalue weighted by Crippen LogP contribution is -2.27. The summed E-state index contributed by atoms with van der Waals surface area (Å²) in [7, 11) is 2.35. The second kappa shape index (κ2) is 15.8. The minimum Gasteiger partial charge on any atom is -0.286 e. The minimum atomic E-state index is -0.565. The van der Waals surface area contributed by atoms with Gasteiger partial charge in [-0.25, -0.2) is 15.2 Å². The molecule has 0 spiro atoms. The highest BCUT2D eigenvalue weighted by Gasteiger charge is 2.11. The highest BCUT2D eigenvalue weighted by molar-refractivity contribution is 5.82. The Morgan fingerprint density at radius 2 is 1.16 bits per heavy atom. The van der Waals surface area contributed by atoms with E-state index in [1.165, 1.54) is 46.7 Å². The van der Waals surface area contributed by atoms with E-state index in [1.807, 2.05) is 0 Å². The van der Waals surface area contributed by atoms with Gasteiger partial charge in [0.1, 0.15) is 0 Å². The molecule has 0 aliphatic carbocycles. The van der Waals surface area contributed by atoms with E-state index in [1.54, 1.807) is 0 Å². The monoisotopic (exact) mass is 363 g/mol. The number of carbonyl (C=O) groups is 3. The highest BCUT2D eigenvalue weighted by atomic mass is 16.5. The molecule has 0 bridgehead atoms. The van der Waals surface area contributed by atoms with Crippen molar-refractivity contribution in [2.45, 2.75) is 65.2 Å². The van der Waals surface area contributed by atoms with E-state index in [-0.39, 0.29) is 18.7 Å². The first-order valence-electron chi connectivity index (χ1n) is 8.51. The molecule has 0 saturated heterocycles. The number of rotatable bonds is 10. The van der Waals surface area contributed by atoms with Crippen molar-refractivity contribution in [3.8, 4) is 0 Å². The maximum atomic E-state index is 10.7. The summed E-state index contributed by atoms with van der Waals surface area (Å²) in [4.78, 5) is 32.0. The lowest BCUT2D eigenvalue weighted by Gasteiger charge is -2.11. The Balaban J connectivity index is 0. The van der Waals surface area contributed by atoms with Crippen molar-refractivity contribution in [1.82, 2.24) is 15.2 Å². The van der Waals surface area contributed by atoms with Crippen molar-refractivity contribution >= 4 is 17.7 Å². The van der Waals surface area contributed by atoms with E-state index in [9.17, 15) is 14.4 Å². The number of hydroxylamine groups is 6. The van der Waals surface area contributed by atoms with Crippen LogP contribution in [-0.2, 0) is 14.4 Å². The van der Waals surface area contributed by atoms with Crippen LogP contribution in [0.25, 0.3) is 0 Å². The van der Waals surface area contributed by atoms with Crippen molar-refractivity contribution in [2.24, 2.45) is 0 Å². The van der Waals surface area contributed by atoms with Crippen LogP contribution in [-0.4, -0.2) is 69.2 Å². The summed E-state index contributed by atoms with van der Waals surface area (Å²) in [6, 6.07) is 0. The smallest absolute Gasteiger partial charge is 0.246 e. The Labute approximate surface area is 149 Å². The number of unbranched alkanes of at least 4 members (excludes halogenated alkanes) is 5. The van der Waals surface area contributed by atoms with Gasteiger partial charge in [0, 0.05) is 40.4 Å². The zero-order valence-electron chi connectivity index (χ0n) is 15.8. The van der Waals surface area contributed by atoms with Gasteiger partial charge in [-0.2, -0.15) is 0 Å². The molecule has 0 fully saturated rings. The predicted molar refractivity (Wildman–Crippen MR) is 90.9 cm³/mol. The number of amides is 3. The van der Waals surface area contributed by atoms with Crippen molar-refractivity contribution < 1.29 is 30.0 Å². The Morgan fingerprint density at radius 3 is 1.52 bits per heavy atom. The molecular formula is C16H33N3O6. The fourth-order valence-corrected chi connectivity index (χ4v) is 1.74. The second-order valence-electron chi connectivity index (χ2n) is 5.74. The van der Waals surface area contributed by atoms with Crippen molar-refractivity contribution in [2.75, 3.05) is 20.6 Å². The molecule has 3 amide bonds. The fraction of sp³-hybridized carbons (Fsp3) is 0.812. The molecule has 0 heterocycles. The molecule has 9 nitrogen and oxygen atoms in total. The maximum absolute atomic E-state index is 10.7. The van der Waals surface area contributed by atoms with Gasteiger partial charge in [0.2, 0.25) is 17.7 Å². The maximum Gasteiger partial charge on any atom is 0.246 e. The van der Waals surface area contributed by atoms with Crippen molar-refractivity contribution in [3.05, 3.63) is 0 Å². The van der Waals surface area contributed by atoms with Gasteiger partial charge >= 0.3 is 0 Å². The van der Waals surface area contributed by atoms with Crippen molar-refractivity contribution in [1.29, 1.82) is 0 Å². The number of hydrogen-bond donors (Lipinski definition) is 3. The number of carbonyl (C=O) groups excluding carboxylic acids is 3. The van der Waals surface area contributed by atoms with E-state index >= 15 is 0 Å². The molecule has 0 aromatic heterocycles. The molecule has 0 aromatic rings. The molecule has 0 unspecified atom stereocenters. The van der Waals surface area contributed by atoms with Crippen LogP contribution in [0.1, 0.15) is 65.2 Å². The van der Waals surface area contributed by atoms with Crippen LogP contribution in [0, 0.1) is 0 Å². The summed E-state index contributed by atoms with van der Waals surface area (Å²) in [5.74, 6) is -1.40. The Bertz CT molecular complexity index is 368. The molecule has 0 saturated carbocycles. The largest absolute Gasteiger partial charge is 0.286 e. The molecular weight excluding hydrogens is 330 g/mol. The zero-order valence-corrected chi connectivity index (χ0v) is 15.8. The quantitative estimate of drug-likeness (QED) is 0.310. The minimum absolute atomic E-state index is 0.114. The van der Waals surface area contributed by atoms with Crippen LogP contribution in [0.15, 0.2) is 0 Å². The molecule has 25 heavy (non-hydrogen) atoms. The van der Waals surface area contributed by atoms with Gasteiger partial charge in [-0.15, -0.1) is 0 Å². The molecule has 0 aliphatic heterocycles. The number of nitrogens with zero attached hydrogens (tertiary/aromatic N) is 3. The van der Waals surface area contributed by atoms with Gasteiger partial charge in [-0.1, -0.05) is 39.0 Å². The molecule has 0 radical (unpaired) electrons. The Hall–Kier alpha value is -1.71. The standard InChI is InChI=1S/C10H21NO2.C6H12N2O4/c1-3-4-5-6-7-8-9-11(13)10(2)12;1-7(11)5(9)3-4-6(10)8(2)12/h13H,3-9H2,1-2H3;11-12H,3-4H2,1-2H3. The Morgan fingerprint density at radius 1 is 0.760 bits per heavy atom. The normalized spacial score (nSPS) is 9.72. The van der Waals surface area contributed by atoms with E-state index in [2.05, 4.69) is 6.92 Å². The first kappa shape index (κ1) is 25.5. The van der Waals surface area contributed by atoms with Gasteiger partial charge in [-0.05, 0) is 6.42 Å². The SMILES string of the molecule is CCCCCCCCN(O)C(C)=O.CN(O)C(=O)CCC(=O)N(C)O. The van der Waals surface area contributed by atoms with E-state index in [0.717, 1.165) is 17.9 Å². The zero-order chi connectivity index (χ0) is 19.8. The second-order valence-corrected chi connectivity index (χ2v) is 5.74. The summed E-state index contributed by atoms with van der Waals surface area (Å²) in [5, 5.41) is 27.8. The molecule has 0 aromatic carbocycles. The van der Waals surface area contributed by atoms with E-state index in [0.29, 0.717) is 16.7 Å². The predicted octanol–water partition coefficient (Wildman–Crippen LogP) is 2.05. The molecule has 0 rings (SSSR count). The van der Waals surface area contributed by atoms with Crippen LogP contribution < -0.4 is 0 Å². The van der Waals surface area contributed by atoms with Gasteiger partial charge in [0.05, 0.1) is 0 Å². The summed E-state index contributed by atoms with van der Waals surface area (Å²) in [6.45, 7) is 4.03. The molecule has 0 atom stereocenters. The third-order valence-electron chi connectivity index (χ3n) is 3.36. The fourth-order valence-electron chi connectivity index (χ4n) is 1.74. The highest BCUT2D eigenvalue weighted by Crippen LogP contribution is 2.05. The third kappa shape index (κ3) is 16.9. The average Bonchev–Trinajstić information content (AvgIpc) is 2.55. The summed E-state index contributed by atoms with van der Waals surface area (Å²) >= 11 is 0. The first-order chi connectivity index (χ1) is 11.6. The van der Waals surface area contributed by atoms with E-state index < -0.39 is 11.8 Å². The van der Waals surface area contributed by atoms with Crippen LogP contribution in [0.5, 0.6) is 0 Å². The molecule has 148 valence electrons.